The number of nitrogens with two attached hydrogens (primary N) is 1. The van der Waals surface area contributed by atoms with Gasteiger partial charge >= 0.3 is 0 Å². The molecule has 0 aliphatic carbocycles. The van der Waals surface area contributed by atoms with Gasteiger partial charge < -0.3 is 10.6 Å². The van der Waals surface area contributed by atoms with E-state index in [2.05, 4.69) is 23.8 Å². The molecule has 1 unspecified atom stereocenters. The predicted molar refractivity (Wildman–Crippen MR) is 82.7 cm³/mol. The molecule has 1 heterocycles. The Balaban J connectivity index is 2.10. The van der Waals surface area contributed by atoms with Gasteiger partial charge in [0.25, 0.3) is 0 Å². The second-order valence-corrected chi connectivity index (χ2v) is 5.62. The summed E-state index contributed by atoms with van der Waals surface area (Å²) >= 11 is 0. The van der Waals surface area contributed by atoms with Crippen LogP contribution in [0, 0.1) is 5.82 Å². The molecule has 112 valence electrons. The van der Waals surface area contributed by atoms with Crippen LogP contribution in [-0.2, 0) is 6.42 Å². The highest BCUT2D eigenvalue weighted by atomic mass is 19.1. The highest BCUT2D eigenvalue weighted by Gasteiger charge is 2.24. The fraction of sp³-hybridized carbons (Fsp3) is 0.625. The summed E-state index contributed by atoms with van der Waals surface area (Å²) in [6.07, 6.45) is 3.26. The molecule has 1 fully saturated rings. The van der Waals surface area contributed by atoms with E-state index in [1.165, 1.54) is 25.5 Å². The van der Waals surface area contributed by atoms with Crippen LogP contribution in [0.15, 0.2) is 18.2 Å². The van der Waals surface area contributed by atoms with Crippen molar-refractivity contribution in [1.82, 2.24) is 4.90 Å². The van der Waals surface area contributed by atoms with E-state index in [1.807, 2.05) is 6.07 Å². The smallest absolute Gasteiger partial charge is 0.123 e. The van der Waals surface area contributed by atoms with Crippen LogP contribution in [0.2, 0.25) is 0 Å². The van der Waals surface area contributed by atoms with Gasteiger partial charge in [-0.3, -0.25) is 4.90 Å². The number of halogens is 1. The second-order valence-electron chi connectivity index (χ2n) is 5.62. The quantitative estimate of drug-likeness (QED) is 0.867. The molecule has 1 aromatic carbocycles. The molecule has 3 nitrogen and oxygen atoms in total. The van der Waals surface area contributed by atoms with E-state index in [0.29, 0.717) is 12.6 Å². The summed E-state index contributed by atoms with van der Waals surface area (Å²) in [6.45, 7) is 6.08. The summed E-state index contributed by atoms with van der Waals surface area (Å²) in [7, 11) is 2.10. The Morgan fingerprint density at radius 1 is 1.45 bits per heavy atom. The molecule has 0 bridgehead atoms. The summed E-state index contributed by atoms with van der Waals surface area (Å²) in [6, 6.07) is 5.65. The highest BCUT2D eigenvalue weighted by molar-refractivity contribution is 5.53. The average molecular weight is 279 g/mol. The van der Waals surface area contributed by atoms with E-state index in [9.17, 15) is 4.39 Å². The maximum Gasteiger partial charge on any atom is 0.123 e. The van der Waals surface area contributed by atoms with Crippen molar-refractivity contribution in [2.24, 2.45) is 5.73 Å². The monoisotopic (exact) mass is 279 g/mol. The summed E-state index contributed by atoms with van der Waals surface area (Å²) in [4.78, 5) is 4.78. The molecule has 2 N–H and O–H groups in total. The van der Waals surface area contributed by atoms with Crippen molar-refractivity contribution in [2.45, 2.75) is 32.2 Å². The van der Waals surface area contributed by atoms with Crippen molar-refractivity contribution in [3.8, 4) is 0 Å². The third-order valence-electron chi connectivity index (χ3n) is 4.26. The molecule has 1 saturated heterocycles. The zero-order valence-corrected chi connectivity index (χ0v) is 12.6. The van der Waals surface area contributed by atoms with Gasteiger partial charge in [0.05, 0.1) is 0 Å². The lowest BCUT2D eigenvalue weighted by molar-refractivity contribution is 0.270. The fourth-order valence-electron chi connectivity index (χ4n) is 3.21. The van der Waals surface area contributed by atoms with Gasteiger partial charge in [-0.15, -0.1) is 0 Å². The highest BCUT2D eigenvalue weighted by Crippen LogP contribution is 2.24. The first kappa shape index (κ1) is 15.3. The van der Waals surface area contributed by atoms with Crippen LogP contribution in [0.5, 0.6) is 0 Å². The van der Waals surface area contributed by atoms with E-state index in [4.69, 9.17) is 5.73 Å². The normalized spacial score (nSPS) is 19.5. The van der Waals surface area contributed by atoms with E-state index >= 15 is 0 Å². The number of anilines is 1. The standard InChI is InChI=1S/C16H26FN3/c1-3-20-10-4-5-15(20)12-19(2)16-7-6-14(17)11-13(16)8-9-18/h6-7,11,15H,3-5,8-10,12,18H2,1-2H3. The maximum absolute atomic E-state index is 13.4. The minimum Gasteiger partial charge on any atom is -0.373 e. The number of benzene rings is 1. The number of hydrogen-bond donors (Lipinski definition) is 1. The lowest BCUT2D eigenvalue weighted by Gasteiger charge is -2.30. The summed E-state index contributed by atoms with van der Waals surface area (Å²) in [5, 5.41) is 0. The Labute approximate surface area is 121 Å². The van der Waals surface area contributed by atoms with Crippen LogP contribution in [-0.4, -0.2) is 44.2 Å². The molecule has 0 spiro atoms. The lowest BCUT2D eigenvalue weighted by Crippen LogP contribution is -2.39. The van der Waals surface area contributed by atoms with Gasteiger partial charge in [-0.1, -0.05) is 6.92 Å². The van der Waals surface area contributed by atoms with Crippen LogP contribution in [0.4, 0.5) is 10.1 Å². The van der Waals surface area contributed by atoms with Gasteiger partial charge in [-0.2, -0.15) is 0 Å². The van der Waals surface area contributed by atoms with E-state index < -0.39 is 0 Å². The van der Waals surface area contributed by atoms with Crippen LogP contribution in [0.1, 0.15) is 25.3 Å². The van der Waals surface area contributed by atoms with Gasteiger partial charge in [0.2, 0.25) is 0 Å². The molecule has 1 aromatic rings. The first-order valence-corrected chi connectivity index (χ1v) is 7.59. The molecule has 0 saturated carbocycles. The fourth-order valence-corrected chi connectivity index (χ4v) is 3.21. The molecule has 1 aliphatic heterocycles. The molecule has 2 rings (SSSR count). The first-order valence-electron chi connectivity index (χ1n) is 7.59. The summed E-state index contributed by atoms with van der Waals surface area (Å²) in [5.74, 6) is -0.179. The largest absolute Gasteiger partial charge is 0.373 e. The Kier molecular flexibility index (Phi) is 5.38. The number of likely N-dealkylation sites (N-methyl/N-ethyl adjacent to an activating group) is 2. The Hall–Kier alpha value is -1.13. The molecule has 0 aromatic heterocycles. The van der Waals surface area contributed by atoms with E-state index in [0.717, 1.165) is 30.8 Å². The summed E-state index contributed by atoms with van der Waals surface area (Å²) in [5.41, 5.74) is 7.76. The molecular formula is C16H26FN3. The van der Waals surface area contributed by atoms with E-state index in [-0.39, 0.29) is 5.82 Å². The third kappa shape index (κ3) is 3.49. The number of rotatable bonds is 6. The second kappa shape index (κ2) is 7.04. The molecule has 0 amide bonds. The molecule has 4 heteroatoms. The average Bonchev–Trinajstić information content (AvgIpc) is 2.86. The van der Waals surface area contributed by atoms with Crippen molar-refractivity contribution in [3.63, 3.8) is 0 Å². The molecular weight excluding hydrogens is 253 g/mol. The van der Waals surface area contributed by atoms with Gasteiger partial charge in [0.1, 0.15) is 5.82 Å². The zero-order chi connectivity index (χ0) is 14.5. The van der Waals surface area contributed by atoms with Crippen molar-refractivity contribution in [2.75, 3.05) is 38.1 Å². The molecule has 20 heavy (non-hydrogen) atoms. The Bertz CT molecular complexity index is 436. The third-order valence-corrected chi connectivity index (χ3v) is 4.26. The van der Waals surface area contributed by atoms with Crippen molar-refractivity contribution in [1.29, 1.82) is 0 Å². The lowest BCUT2D eigenvalue weighted by atomic mass is 10.1. The van der Waals surface area contributed by atoms with Crippen LogP contribution < -0.4 is 10.6 Å². The topological polar surface area (TPSA) is 32.5 Å². The Morgan fingerprint density at radius 3 is 2.95 bits per heavy atom. The van der Waals surface area contributed by atoms with Crippen LogP contribution >= 0.6 is 0 Å². The first-order chi connectivity index (χ1) is 9.65. The van der Waals surface area contributed by atoms with Gasteiger partial charge in [-0.25, -0.2) is 4.39 Å². The summed E-state index contributed by atoms with van der Waals surface area (Å²) < 4.78 is 13.4. The Morgan fingerprint density at radius 2 is 2.25 bits per heavy atom. The molecule has 1 aliphatic rings. The van der Waals surface area contributed by atoms with Gasteiger partial charge in [0, 0.05) is 25.3 Å². The van der Waals surface area contributed by atoms with Crippen LogP contribution in [0.25, 0.3) is 0 Å². The van der Waals surface area contributed by atoms with Gasteiger partial charge in [0.15, 0.2) is 0 Å². The minimum absolute atomic E-state index is 0.179. The molecule has 1 atom stereocenters. The number of likely N-dealkylation sites (tertiary alicyclic amines) is 1. The maximum atomic E-state index is 13.4. The predicted octanol–water partition coefficient (Wildman–Crippen LogP) is 2.25. The van der Waals surface area contributed by atoms with Crippen LogP contribution in [0.3, 0.4) is 0 Å². The zero-order valence-electron chi connectivity index (χ0n) is 12.6. The van der Waals surface area contributed by atoms with E-state index in [1.54, 1.807) is 6.07 Å². The number of hydrogen-bond acceptors (Lipinski definition) is 3. The van der Waals surface area contributed by atoms with Crippen molar-refractivity contribution >= 4 is 5.69 Å². The molecule has 0 radical (unpaired) electrons. The van der Waals surface area contributed by atoms with Crippen molar-refractivity contribution < 1.29 is 4.39 Å². The van der Waals surface area contributed by atoms with Gasteiger partial charge in [-0.05, 0) is 62.7 Å². The SMILES string of the molecule is CCN1CCCC1CN(C)c1ccc(F)cc1CCN. The minimum atomic E-state index is -0.179. The van der Waals surface area contributed by atoms with Crippen molar-refractivity contribution in [3.05, 3.63) is 29.6 Å². The number of nitrogens with zero attached hydrogens (tertiary/aromatic N) is 2.